The summed E-state index contributed by atoms with van der Waals surface area (Å²) in [5, 5.41) is 18.1. The van der Waals surface area contributed by atoms with Gasteiger partial charge >= 0.3 is 12.0 Å². The highest BCUT2D eigenvalue weighted by molar-refractivity contribution is 5.82. The maximum absolute atomic E-state index is 11.6. The second-order valence-electron chi connectivity index (χ2n) is 4.55. The van der Waals surface area contributed by atoms with Crippen LogP contribution in [0.1, 0.15) is 19.3 Å². The summed E-state index contributed by atoms with van der Waals surface area (Å²) in [6.45, 7) is 1.62. The average molecular weight is 298 g/mol. The summed E-state index contributed by atoms with van der Waals surface area (Å²) in [6, 6.07) is 0.462. The van der Waals surface area contributed by atoms with Crippen molar-refractivity contribution in [1.29, 1.82) is 0 Å². The van der Waals surface area contributed by atoms with Gasteiger partial charge in [-0.3, -0.25) is 4.68 Å². The minimum absolute atomic E-state index is 0.337. The molecule has 8 heteroatoms. The summed E-state index contributed by atoms with van der Waals surface area (Å²) >= 11 is 0. The van der Waals surface area contributed by atoms with Gasteiger partial charge in [0.05, 0.1) is 0 Å². The maximum Gasteiger partial charge on any atom is 0.326 e. The van der Waals surface area contributed by atoms with Crippen molar-refractivity contribution in [3.05, 3.63) is 18.5 Å². The summed E-state index contributed by atoms with van der Waals surface area (Å²) in [7, 11) is 1.55. The molecule has 1 heterocycles. The van der Waals surface area contributed by atoms with Gasteiger partial charge in [0.15, 0.2) is 0 Å². The van der Waals surface area contributed by atoms with Crippen molar-refractivity contribution in [1.82, 2.24) is 20.4 Å². The molecule has 0 aliphatic heterocycles. The molecule has 118 valence electrons. The van der Waals surface area contributed by atoms with E-state index in [1.54, 1.807) is 18.0 Å². The van der Waals surface area contributed by atoms with Gasteiger partial charge in [-0.2, -0.15) is 5.10 Å². The third-order valence-electron chi connectivity index (χ3n) is 2.85. The van der Waals surface area contributed by atoms with Crippen molar-refractivity contribution in [2.24, 2.45) is 0 Å². The number of aryl methyl sites for hydroxylation is 1. The van der Waals surface area contributed by atoms with Gasteiger partial charge in [-0.05, 0) is 25.3 Å². The number of aliphatic carboxylic acids is 1. The lowest BCUT2D eigenvalue weighted by Crippen LogP contribution is -2.46. The number of hydrogen-bond donors (Lipinski definition) is 3. The smallest absolute Gasteiger partial charge is 0.326 e. The number of nitrogens with one attached hydrogen (secondary N) is 2. The summed E-state index contributed by atoms with van der Waals surface area (Å²) in [5.41, 5.74) is 0. The first-order valence-corrected chi connectivity index (χ1v) is 6.87. The molecule has 0 spiro atoms. The van der Waals surface area contributed by atoms with Crippen LogP contribution < -0.4 is 10.6 Å². The van der Waals surface area contributed by atoms with E-state index in [1.165, 1.54) is 0 Å². The lowest BCUT2D eigenvalue weighted by molar-refractivity contribution is -0.139. The van der Waals surface area contributed by atoms with Crippen LogP contribution in [0.2, 0.25) is 0 Å². The predicted octanol–water partition coefficient (Wildman–Crippen LogP) is 0.452. The fourth-order valence-electron chi connectivity index (χ4n) is 1.77. The van der Waals surface area contributed by atoms with Gasteiger partial charge in [-0.25, -0.2) is 9.59 Å². The van der Waals surface area contributed by atoms with Crippen molar-refractivity contribution in [2.75, 3.05) is 20.3 Å². The van der Waals surface area contributed by atoms with Crippen LogP contribution in [0.4, 0.5) is 4.79 Å². The van der Waals surface area contributed by atoms with E-state index < -0.39 is 18.0 Å². The first-order valence-electron chi connectivity index (χ1n) is 6.87. The van der Waals surface area contributed by atoms with Crippen LogP contribution in [0.5, 0.6) is 0 Å². The number of carbonyl (C=O) groups is 2. The van der Waals surface area contributed by atoms with Gasteiger partial charge in [0.1, 0.15) is 6.04 Å². The van der Waals surface area contributed by atoms with Crippen molar-refractivity contribution in [3.63, 3.8) is 0 Å². The van der Waals surface area contributed by atoms with Crippen LogP contribution in [0.25, 0.3) is 0 Å². The second-order valence-corrected chi connectivity index (χ2v) is 4.55. The molecule has 0 aliphatic rings. The van der Waals surface area contributed by atoms with E-state index in [1.807, 2.05) is 12.3 Å². The van der Waals surface area contributed by atoms with E-state index in [0.29, 0.717) is 32.5 Å². The molecule has 21 heavy (non-hydrogen) atoms. The zero-order valence-corrected chi connectivity index (χ0v) is 12.1. The molecule has 2 amide bonds. The molecule has 0 radical (unpaired) electrons. The fourth-order valence-corrected chi connectivity index (χ4v) is 1.77. The average Bonchev–Trinajstić information content (AvgIpc) is 2.96. The molecule has 0 bridgehead atoms. The van der Waals surface area contributed by atoms with Crippen LogP contribution in [0, 0.1) is 0 Å². The minimum Gasteiger partial charge on any atom is -0.480 e. The monoisotopic (exact) mass is 298 g/mol. The van der Waals surface area contributed by atoms with Crippen LogP contribution in [-0.2, 0) is 16.1 Å². The lowest BCUT2D eigenvalue weighted by atomic mass is 10.1. The number of aromatic nitrogens is 2. The summed E-state index contributed by atoms with van der Waals surface area (Å²) in [6.07, 6.45) is 5.17. The number of carboxylic acid groups (broad SMARTS) is 1. The minimum atomic E-state index is -1.04. The first kappa shape index (κ1) is 17.0. The number of methoxy groups -OCH3 is 1. The number of ether oxygens (including phenoxy) is 1. The molecular formula is C13H22N4O4. The van der Waals surface area contributed by atoms with E-state index >= 15 is 0 Å². The van der Waals surface area contributed by atoms with Gasteiger partial charge in [-0.15, -0.1) is 0 Å². The molecule has 3 N–H and O–H groups in total. The van der Waals surface area contributed by atoms with Gasteiger partial charge in [0.2, 0.25) is 0 Å². The largest absolute Gasteiger partial charge is 0.480 e. The number of nitrogens with zero attached hydrogens (tertiary/aromatic N) is 2. The van der Waals surface area contributed by atoms with Crippen molar-refractivity contribution in [2.45, 2.75) is 31.8 Å². The third kappa shape index (κ3) is 7.31. The highest BCUT2D eigenvalue weighted by Crippen LogP contribution is 1.98. The van der Waals surface area contributed by atoms with E-state index in [9.17, 15) is 9.59 Å². The summed E-state index contributed by atoms with van der Waals surface area (Å²) < 4.78 is 6.63. The van der Waals surface area contributed by atoms with Crippen molar-refractivity contribution >= 4 is 12.0 Å². The number of hydrogen-bond acceptors (Lipinski definition) is 4. The zero-order chi connectivity index (χ0) is 15.5. The molecule has 1 aromatic heterocycles. The topological polar surface area (TPSA) is 105 Å². The Hall–Kier alpha value is -2.09. The van der Waals surface area contributed by atoms with E-state index in [2.05, 4.69) is 15.7 Å². The highest BCUT2D eigenvalue weighted by atomic mass is 16.5. The molecule has 0 aromatic carbocycles. The molecule has 1 rings (SSSR count). The molecule has 0 saturated heterocycles. The number of carbonyl (C=O) groups excluding carboxylic acids is 1. The molecule has 1 unspecified atom stereocenters. The van der Waals surface area contributed by atoms with Crippen molar-refractivity contribution < 1.29 is 19.4 Å². The number of amides is 2. The Balaban J connectivity index is 2.18. The van der Waals surface area contributed by atoms with Crippen molar-refractivity contribution in [3.8, 4) is 0 Å². The second kappa shape index (κ2) is 9.76. The Labute approximate surface area is 123 Å². The van der Waals surface area contributed by atoms with Gasteiger partial charge in [0.25, 0.3) is 0 Å². The molecule has 0 aliphatic carbocycles. The quantitative estimate of drug-likeness (QED) is 0.544. The summed E-state index contributed by atoms with van der Waals surface area (Å²) in [5.74, 6) is -1.04. The SMILES string of the molecule is COCCCC(NC(=O)NCCCn1cccn1)C(=O)O. The molecule has 0 fully saturated rings. The first-order chi connectivity index (χ1) is 10.1. The van der Waals surface area contributed by atoms with Gasteiger partial charge in [-0.1, -0.05) is 0 Å². The third-order valence-corrected chi connectivity index (χ3v) is 2.85. The molecule has 1 aromatic rings. The highest BCUT2D eigenvalue weighted by Gasteiger charge is 2.18. The van der Waals surface area contributed by atoms with Crippen LogP contribution in [0.15, 0.2) is 18.5 Å². The molecule has 8 nitrogen and oxygen atoms in total. The normalized spacial score (nSPS) is 11.9. The standard InChI is InChI=1S/C13H22N4O4/c1-21-10-2-5-11(12(18)19)16-13(20)14-6-3-8-17-9-4-7-15-17/h4,7,9,11H,2-3,5-6,8,10H2,1H3,(H,18,19)(H2,14,16,20). The van der Waals surface area contributed by atoms with Gasteiger partial charge < -0.3 is 20.5 Å². The Morgan fingerprint density at radius 3 is 2.86 bits per heavy atom. The molecule has 0 saturated carbocycles. The van der Waals surface area contributed by atoms with E-state index in [0.717, 1.165) is 6.42 Å². The van der Waals surface area contributed by atoms with Crippen LogP contribution >= 0.6 is 0 Å². The number of rotatable bonds is 10. The fraction of sp³-hybridized carbons (Fsp3) is 0.615. The Morgan fingerprint density at radius 1 is 1.43 bits per heavy atom. The summed E-state index contributed by atoms with van der Waals surface area (Å²) in [4.78, 5) is 22.6. The predicted molar refractivity (Wildman–Crippen MR) is 75.9 cm³/mol. The Kier molecular flexibility index (Phi) is 7.88. The number of urea groups is 1. The van der Waals surface area contributed by atoms with E-state index in [4.69, 9.17) is 9.84 Å². The Morgan fingerprint density at radius 2 is 2.24 bits per heavy atom. The van der Waals surface area contributed by atoms with Gasteiger partial charge in [0, 0.05) is 39.2 Å². The maximum atomic E-state index is 11.6. The Bertz CT molecular complexity index is 422. The van der Waals surface area contributed by atoms with E-state index in [-0.39, 0.29) is 0 Å². The molecule has 1 atom stereocenters. The number of carboxylic acids is 1. The van der Waals surface area contributed by atoms with Crippen LogP contribution in [0.3, 0.4) is 0 Å². The molecular weight excluding hydrogens is 276 g/mol. The van der Waals surface area contributed by atoms with Crippen LogP contribution in [-0.4, -0.2) is 53.2 Å². The zero-order valence-electron chi connectivity index (χ0n) is 12.1. The lowest BCUT2D eigenvalue weighted by Gasteiger charge is -2.15.